The molecule has 0 aromatic heterocycles. The molecule has 0 saturated carbocycles. The van der Waals surface area contributed by atoms with E-state index in [2.05, 4.69) is 5.92 Å². The molecular formula is C14H10F2O. The van der Waals surface area contributed by atoms with Gasteiger partial charge in [-0.05, 0) is 35.6 Å². The van der Waals surface area contributed by atoms with Crippen molar-refractivity contribution < 1.29 is 13.9 Å². The molecule has 2 aromatic rings. The first-order valence-corrected chi connectivity index (χ1v) is 5.18. The first kappa shape index (κ1) is 11.4. The number of aryl methyl sites for hydroxylation is 1. The van der Waals surface area contributed by atoms with Crippen molar-refractivity contribution in [3.05, 3.63) is 41.0 Å². The lowest BCUT2D eigenvalue weighted by Crippen LogP contribution is -1.95. The second-order valence-electron chi connectivity index (χ2n) is 3.75. The monoisotopic (exact) mass is 232 g/mol. The molecule has 2 aromatic carbocycles. The van der Waals surface area contributed by atoms with Crippen molar-refractivity contribution >= 4 is 10.8 Å². The van der Waals surface area contributed by atoms with E-state index in [1.54, 1.807) is 0 Å². The Morgan fingerprint density at radius 2 is 2.00 bits per heavy atom. The first-order valence-electron chi connectivity index (χ1n) is 5.18. The maximum absolute atomic E-state index is 13.6. The zero-order valence-electron chi connectivity index (χ0n) is 9.22. The van der Waals surface area contributed by atoms with Crippen LogP contribution < -0.4 is 0 Å². The topological polar surface area (TPSA) is 20.2 Å². The molecule has 0 unspecified atom stereocenters. The average molecular weight is 232 g/mol. The van der Waals surface area contributed by atoms with Gasteiger partial charge in [0.25, 0.3) is 0 Å². The highest BCUT2D eigenvalue weighted by atomic mass is 19.2. The van der Waals surface area contributed by atoms with Crippen molar-refractivity contribution in [2.24, 2.45) is 0 Å². The third-order valence-electron chi connectivity index (χ3n) is 2.72. The van der Waals surface area contributed by atoms with Gasteiger partial charge in [0.05, 0.1) is 5.56 Å². The zero-order chi connectivity index (χ0) is 12.6. The highest BCUT2D eigenvalue weighted by Crippen LogP contribution is 2.30. The van der Waals surface area contributed by atoms with E-state index in [-0.39, 0.29) is 11.3 Å². The molecule has 0 aliphatic carbocycles. The lowest BCUT2D eigenvalue weighted by molar-refractivity contribution is 0.475. The fourth-order valence-electron chi connectivity index (χ4n) is 1.97. The van der Waals surface area contributed by atoms with Gasteiger partial charge < -0.3 is 5.11 Å². The van der Waals surface area contributed by atoms with Gasteiger partial charge in [0, 0.05) is 5.39 Å². The Balaban J connectivity index is 3.02. The predicted molar refractivity (Wildman–Crippen MR) is 62.8 cm³/mol. The Bertz CT molecular complexity index is 639. The van der Waals surface area contributed by atoms with Crippen LogP contribution >= 0.6 is 0 Å². The van der Waals surface area contributed by atoms with E-state index < -0.39 is 11.6 Å². The van der Waals surface area contributed by atoms with E-state index in [9.17, 15) is 13.9 Å². The maximum atomic E-state index is 13.6. The highest BCUT2D eigenvalue weighted by Gasteiger charge is 2.15. The summed E-state index contributed by atoms with van der Waals surface area (Å²) in [5, 5.41) is 10.4. The fourth-order valence-corrected chi connectivity index (χ4v) is 1.97. The Morgan fingerprint density at radius 1 is 1.29 bits per heavy atom. The highest BCUT2D eigenvalue weighted by molar-refractivity contribution is 5.92. The molecule has 0 saturated heterocycles. The number of benzene rings is 2. The molecular weight excluding hydrogens is 222 g/mol. The lowest BCUT2D eigenvalue weighted by Gasteiger charge is -2.09. The van der Waals surface area contributed by atoms with Gasteiger partial charge in [0.1, 0.15) is 5.75 Å². The number of phenolic OH excluding ortho intramolecular Hbond substituents is 1. The van der Waals surface area contributed by atoms with E-state index in [4.69, 9.17) is 6.42 Å². The third-order valence-corrected chi connectivity index (χ3v) is 2.72. The summed E-state index contributed by atoms with van der Waals surface area (Å²) < 4.78 is 26.9. The van der Waals surface area contributed by atoms with E-state index in [0.29, 0.717) is 22.8 Å². The molecule has 86 valence electrons. The second kappa shape index (κ2) is 4.06. The normalized spacial score (nSPS) is 10.5. The number of rotatable bonds is 1. The Hall–Kier alpha value is -2.08. The van der Waals surface area contributed by atoms with E-state index >= 15 is 0 Å². The minimum atomic E-state index is -1.01. The fraction of sp³-hybridized carbons (Fsp3) is 0.143. The van der Waals surface area contributed by atoms with E-state index in [1.807, 2.05) is 6.92 Å². The van der Waals surface area contributed by atoms with Crippen LogP contribution in [0.5, 0.6) is 5.75 Å². The largest absolute Gasteiger partial charge is 0.508 e. The van der Waals surface area contributed by atoms with Crippen LogP contribution in [0.25, 0.3) is 10.8 Å². The Morgan fingerprint density at radius 3 is 2.59 bits per heavy atom. The molecule has 0 aliphatic rings. The van der Waals surface area contributed by atoms with Gasteiger partial charge in [-0.25, -0.2) is 8.78 Å². The van der Waals surface area contributed by atoms with Gasteiger partial charge >= 0.3 is 0 Å². The number of terminal acetylenes is 1. The summed E-state index contributed by atoms with van der Waals surface area (Å²) in [6.07, 6.45) is 5.80. The minimum absolute atomic E-state index is 0.0170. The summed E-state index contributed by atoms with van der Waals surface area (Å²) in [6, 6.07) is 3.93. The van der Waals surface area contributed by atoms with Gasteiger partial charge in [-0.2, -0.15) is 0 Å². The molecule has 0 amide bonds. The van der Waals surface area contributed by atoms with Crippen LogP contribution in [0.4, 0.5) is 8.78 Å². The molecule has 1 nitrogen and oxygen atoms in total. The summed E-state index contributed by atoms with van der Waals surface area (Å²) in [7, 11) is 0. The SMILES string of the molecule is C#Cc1c(F)c(F)cc2cc(O)cc(CC)c12. The Kier molecular flexibility index (Phi) is 2.72. The molecule has 2 rings (SSSR count). The number of phenols is 1. The van der Waals surface area contributed by atoms with Gasteiger partial charge in [-0.1, -0.05) is 12.8 Å². The van der Waals surface area contributed by atoms with Crippen molar-refractivity contribution in [2.45, 2.75) is 13.3 Å². The van der Waals surface area contributed by atoms with E-state index in [0.717, 1.165) is 6.07 Å². The number of halogens is 2. The number of hydrogen-bond acceptors (Lipinski definition) is 1. The van der Waals surface area contributed by atoms with Crippen molar-refractivity contribution in [1.82, 2.24) is 0 Å². The molecule has 0 radical (unpaired) electrons. The maximum Gasteiger partial charge on any atom is 0.175 e. The quantitative estimate of drug-likeness (QED) is 0.747. The molecule has 0 bridgehead atoms. The van der Waals surface area contributed by atoms with Crippen molar-refractivity contribution in [3.63, 3.8) is 0 Å². The minimum Gasteiger partial charge on any atom is -0.508 e. The summed E-state index contributed by atoms with van der Waals surface area (Å²) in [5.74, 6) is 0.178. The van der Waals surface area contributed by atoms with Crippen LogP contribution in [0.15, 0.2) is 18.2 Å². The number of hydrogen-bond donors (Lipinski definition) is 1. The van der Waals surface area contributed by atoms with Crippen molar-refractivity contribution in [3.8, 4) is 18.1 Å². The van der Waals surface area contributed by atoms with Crippen molar-refractivity contribution in [1.29, 1.82) is 0 Å². The molecule has 0 spiro atoms. The van der Waals surface area contributed by atoms with Crippen molar-refractivity contribution in [2.75, 3.05) is 0 Å². The summed E-state index contributed by atoms with van der Waals surface area (Å²) in [4.78, 5) is 0. The molecule has 0 aliphatic heterocycles. The molecule has 1 N–H and O–H groups in total. The molecule has 0 heterocycles. The molecule has 3 heteroatoms. The smallest absolute Gasteiger partial charge is 0.175 e. The van der Waals surface area contributed by atoms with E-state index in [1.165, 1.54) is 12.1 Å². The second-order valence-corrected chi connectivity index (χ2v) is 3.75. The summed E-state index contributed by atoms with van der Waals surface area (Å²) in [5.41, 5.74) is 0.615. The Labute approximate surface area is 97.7 Å². The van der Waals surface area contributed by atoms with Gasteiger partial charge in [-0.15, -0.1) is 6.42 Å². The van der Waals surface area contributed by atoms with Gasteiger partial charge in [0.2, 0.25) is 0 Å². The van der Waals surface area contributed by atoms with Crippen LogP contribution in [0.2, 0.25) is 0 Å². The molecule has 17 heavy (non-hydrogen) atoms. The standard InChI is InChI=1S/C14H10F2O/c1-3-8-5-10(17)6-9-7-12(15)14(16)11(4-2)13(8)9/h2,5-7,17H,3H2,1H3. The van der Waals surface area contributed by atoms with Gasteiger partial charge in [0.15, 0.2) is 11.6 Å². The lowest BCUT2D eigenvalue weighted by atomic mass is 9.97. The van der Waals surface area contributed by atoms with Crippen LogP contribution in [-0.4, -0.2) is 5.11 Å². The molecule has 0 fully saturated rings. The third kappa shape index (κ3) is 1.72. The summed E-state index contributed by atoms with van der Waals surface area (Å²) >= 11 is 0. The average Bonchev–Trinajstić information content (AvgIpc) is 2.30. The summed E-state index contributed by atoms with van der Waals surface area (Å²) in [6.45, 7) is 1.86. The van der Waals surface area contributed by atoms with Crippen LogP contribution in [0.1, 0.15) is 18.1 Å². The zero-order valence-corrected chi connectivity index (χ0v) is 9.22. The van der Waals surface area contributed by atoms with Gasteiger partial charge in [-0.3, -0.25) is 0 Å². The number of fused-ring (bicyclic) bond motifs is 1. The molecule has 0 atom stereocenters. The van der Waals surface area contributed by atoms with Crippen LogP contribution in [0, 0.1) is 24.0 Å². The first-order chi connectivity index (χ1) is 8.08. The number of aromatic hydroxyl groups is 1. The van der Waals surface area contributed by atoms with Crippen LogP contribution in [-0.2, 0) is 6.42 Å². The van der Waals surface area contributed by atoms with Crippen LogP contribution in [0.3, 0.4) is 0 Å². The predicted octanol–water partition coefficient (Wildman–Crippen LogP) is 3.37.